The molecule has 0 bridgehead atoms. The van der Waals surface area contributed by atoms with Crippen LogP contribution in [0.2, 0.25) is 0 Å². The fourth-order valence-electron chi connectivity index (χ4n) is 1.36. The van der Waals surface area contributed by atoms with Crippen LogP contribution in [0.5, 0.6) is 5.75 Å². The average molecular weight is 285 g/mol. The summed E-state index contributed by atoms with van der Waals surface area (Å²) in [6.07, 6.45) is 2.34. The van der Waals surface area contributed by atoms with Crippen LogP contribution in [-0.4, -0.2) is 11.9 Å². The zero-order valence-electron chi connectivity index (χ0n) is 10.4. The topological polar surface area (TPSA) is 9.23 Å². The molecule has 1 aromatic rings. The third-order valence-corrected chi connectivity index (χ3v) is 3.97. The lowest BCUT2D eigenvalue weighted by Gasteiger charge is -2.21. The summed E-state index contributed by atoms with van der Waals surface area (Å²) in [5.41, 5.74) is 1.57. The van der Waals surface area contributed by atoms with E-state index >= 15 is 0 Å². The molecule has 16 heavy (non-hydrogen) atoms. The number of ether oxygens (including phenoxy) is 1. The molecule has 0 aliphatic rings. The molecule has 0 saturated heterocycles. The highest BCUT2D eigenvalue weighted by atomic mass is 79.9. The minimum Gasteiger partial charge on any atom is -0.493 e. The molecular formula is C14H21BrO. The zero-order chi connectivity index (χ0) is 12.0. The number of hydrogen-bond donors (Lipinski definition) is 0. The van der Waals surface area contributed by atoms with Gasteiger partial charge in [-0.15, -0.1) is 0 Å². The summed E-state index contributed by atoms with van der Waals surface area (Å²) < 4.78 is 5.76. The summed E-state index contributed by atoms with van der Waals surface area (Å²) in [5.74, 6) is 0.967. The maximum atomic E-state index is 5.76. The van der Waals surface area contributed by atoms with Gasteiger partial charge in [0.2, 0.25) is 0 Å². The second-order valence-electron chi connectivity index (χ2n) is 4.98. The SMILES string of the molecule is CCCc1ccc(OCC(C)(C)CBr)cc1. The largest absolute Gasteiger partial charge is 0.493 e. The molecule has 0 radical (unpaired) electrons. The molecule has 0 heterocycles. The average Bonchev–Trinajstić information content (AvgIpc) is 2.29. The van der Waals surface area contributed by atoms with Crippen molar-refractivity contribution in [2.24, 2.45) is 5.41 Å². The highest BCUT2D eigenvalue weighted by Gasteiger charge is 2.16. The van der Waals surface area contributed by atoms with E-state index in [0.29, 0.717) is 0 Å². The van der Waals surface area contributed by atoms with Crippen LogP contribution >= 0.6 is 15.9 Å². The van der Waals surface area contributed by atoms with E-state index < -0.39 is 0 Å². The Balaban J connectivity index is 2.49. The van der Waals surface area contributed by atoms with Gasteiger partial charge in [0.1, 0.15) is 5.75 Å². The number of benzene rings is 1. The van der Waals surface area contributed by atoms with Gasteiger partial charge in [-0.2, -0.15) is 0 Å². The molecule has 0 fully saturated rings. The fraction of sp³-hybridized carbons (Fsp3) is 0.571. The van der Waals surface area contributed by atoms with Gasteiger partial charge in [-0.25, -0.2) is 0 Å². The van der Waals surface area contributed by atoms with Crippen LogP contribution in [0.4, 0.5) is 0 Å². The Morgan fingerprint density at radius 1 is 1.19 bits per heavy atom. The first-order chi connectivity index (χ1) is 7.57. The Kier molecular flexibility index (Phi) is 5.33. The van der Waals surface area contributed by atoms with Gasteiger partial charge < -0.3 is 4.74 Å². The van der Waals surface area contributed by atoms with E-state index in [1.807, 2.05) is 0 Å². The summed E-state index contributed by atoms with van der Waals surface area (Å²) in [7, 11) is 0. The van der Waals surface area contributed by atoms with Crippen molar-refractivity contribution in [3.63, 3.8) is 0 Å². The van der Waals surface area contributed by atoms with Crippen molar-refractivity contribution in [3.8, 4) is 5.75 Å². The summed E-state index contributed by atoms with van der Waals surface area (Å²) in [6, 6.07) is 8.44. The lowest BCUT2D eigenvalue weighted by molar-refractivity contribution is 0.203. The van der Waals surface area contributed by atoms with Gasteiger partial charge in [0.25, 0.3) is 0 Å². The molecule has 0 N–H and O–H groups in total. The van der Waals surface area contributed by atoms with E-state index in [1.165, 1.54) is 12.0 Å². The van der Waals surface area contributed by atoms with Gasteiger partial charge >= 0.3 is 0 Å². The molecule has 0 amide bonds. The second kappa shape index (κ2) is 6.29. The maximum Gasteiger partial charge on any atom is 0.119 e. The molecule has 0 saturated carbocycles. The van der Waals surface area contributed by atoms with Gasteiger partial charge in [0, 0.05) is 10.7 Å². The number of aryl methyl sites for hydroxylation is 1. The molecule has 0 spiro atoms. The Morgan fingerprint density at radius 2 is 1.81 bits per heavy atom. The molecule has 2 heteroatoms. The van der Waals surface area contributed by atoms with Crippen molar-refractivity contribution >= 4 is 15.9 Å². The summed E-state index contributed by atoms with van der Waals surface area (Å²) in [6.45, 7) is 7.31. The van der Waals surface area contributed by atoms with Crippen LogP contribution in [0.15, 0.2) is 24.3 Å². The molecule has 1 rings (SSSR count). The number of halogens is 1. The minimum absolute atomic E-state index is 0.183. The van der Waals surface area contributed by atoms with Crippen LogP contribution in [0.3, 0.4) is 0 Å². The lowest BCUT2D eigenvalue weighted by Crippen LogP contribution is -2.22. The van der Waals surface area contributed by atoms with Crippen molar-refractivity contribution in [3.05, 3.63) is 29.8 Å². The first-order valence-corrected chi connectivity index (χ1v) is 6.97. The molecule has 0 unspecified atom stereocenters. The van der Waals surface area contributed by atoms with E-state index in [9.17, 15) is 0 Å². The zero-order valence-corrected chi connectivity index (χ0v) is 12.0. The van der Waals surface area contributed by atoms with Gasteiger partial charge in [-0.05, 0) is 24.1 Å². The van der Waals surface area contributed by atoms with Gasteiger partial charge in [0.15, 0.2) is 0 Å². The van der Waals surface area contributed by atoms with E-state index in [4.69, 9.17) is 4.74 Å². The smallest absolute Gasteiger partial charge is 0.119 e. The third-order valence-electron chi connectivity index (χ3n) is 2.45. The second-order valence-corrected chi connectivity index (χ2v) is 5.54. The quantitative estimate of drug-likeness (QED) is 0.702. The molecular weight excluding hydrogens is 264 g/mol. The lowest BCUT2D eigenvalue weighted by atomic mass is 9.98. The van der Waals surface area contributed by atoms with Crippen LogP contribution in [-0.2, 0) is 6.42 Å². The van der Waals surface area contributed by atoms with Crippen molar-refractivity contribution < 1.29 is 4.74 Å². The van der Waals surface area contributed by atoms with Gasteiger partial charge in [-0.3, -0.25) is 0 Å². The van der Waals surface area contributed by atoms with Crippen molar-refractivity contribution in [1.82, 2.24) is 0 Å². The highest BCUT2D eigenvalue weighted by Crippen LogP contribution is 2.21. The van der Waals surface area contributed by atoms with E-state index in [-0.39, 0.29) is 5.41 Å². The van der Waals surface area contributed by atoms with Crippen molar-refractivity contribution in [2.75, 3.05) is 11.9 Å². The molecule has 1 aromatic carbocycles. The Labute approximate surface area is 107 Å². The maximum absolute atomic E-state index is 5.76. The highest BCUT2D eigenvalue weighted by molar-refractivity contribution is 9.09. The summed E-state index contributed by atoms with van der Waals surface area (Å²) >= 11 is 3.50. The predicted molar refractivity (Wildman–Crippen MR) is 73.5 cm³/mol. The van der Waals surface area contributed by atoms with Crippen molar-refractivity contribution in [2.45, 2.75) is 33.6 Å². The third kappa shape index (κ3) is 4.56. The molecule has 0 aliphatic carbocycles. The standard InChI is InChI=1S/C14H21BrO/c1-4-5-12-6-8-13(9-7-12)16-11-14(2,3)10-15/h6-9H,4-5,10-11H2,1-3H3. The molecule has 0 atom stereocenters. The monoisotopic (exact) mass is 284 g/mol. The molecule has 0 aliphatic heterocycles. The Hall–Kier alpha value is -0.500. The van der Waals surface area contributed by atoms with Crippen LogP contribution in [0, 0.1) is 5.41 Å². The molecule has 1 nitrogen and oxygen atoms in total. The van der Waals surface area contributed by atoms with Crippen LogP contribution in [0.1, 0.15) is 32.8 Å². The van der Waals surface area contributed by atoms with E-state index in [2.05, 4.69) is 61.0 Å². The first kappa shape index (κ1) is 13.6. The minimum atomic E-state index is 0.183. The van der Waals surface area contributed by atoms with E-state index in [0.717, 1.165) is 24.1 Å². The normalized spacial score (nSPS) is 11.5. The number of alkyl halides is 1. The van der Waals surface area contributed by atoms with Crippen LogP contribution in [0.25, 0.3) is 0 Å². The predicted octanol–water partition coefficient (Wildman–Crippen LogP) is 4.44. The summed E-state index contributed by atoms with van der Waals surface area (Å²) in [4.78, 5) is 0. The van der Waals surface area contributed by atoms with Crippen molar-refractivity contribution in [1.29, 1.82) is 0 Å². The van der Waals surface area contributed by atoms with Gasteiger partial charge in [-0.1, -0.05) is 55.3 Å². The fourth-order valence-corrected chi connectivity index (χ4v) is 1.52. The van der Waals surface area contributed by atoms with E-state index in [1.54, 1.807) is 0 Å². The van der Waals surface area contributed by atoms with Gasteiger partial charge in [0.05, 0.1) is 6.61 Å². The molecule has 90 valence electrons. The number of rotatable bonds is 6. The Bertz CT molecular complexity index is 303. The molecule has 0 aromatic heterocycles. The summed E-state index contributed by atoms with van der Waals surface area (Å²) in [5, 5.41) is 0.952. The number of hydrogen-bond acceptors (Lipinski definition) is 1. The van der Waals surface area contributed by atoms with Crippen LogP contribution < -0.4 is 4.74 Å². The Morgan fingerprint density at radius 3 is 2.31 bits per heavy atom. The first-order valence-electron chi connectivity index (χ1n) is 5.85.